The highest BCUT2D eigenvalue weighted by Crippen LogP contribution is 2.58. The van der Waals surface area contributed by atoms with Crippen LogP contribution in [-0.4, -0.2) is 0 Å². The number of hydrogen-bond donors (Lipinski definition) is 0. The van der Waals surface area contributed by atoms with Crippen LogP contribution in [0.5, 0.6) is 0 Å². The molecule has 3 aromatic carbocycles. The Morgan fingerprint density at radius 3 is 1.72 bits per heavy atom. The van der Waals surface area contributed by atoms with E-state index in [2.05, 4.69) is 138 Å². The van der Waals surface area contributed by atoms with E-state index in [9.17, 15) is 0 Å². The number of hydrogen-bond acceptors (Lipinski definition) is 0. The van der Waals surface area contributed by atoms with Crippen LogP contribution in [-0.2, 0) is 16.2 Å². The van der Waals surface area contributed by atoms with E-state index in [1.54, 1.807) is 11.1 Å². The molecule has 3 aliphatic rings. The van der Waals surface area contributed by atoms with Crippen LogP contribution in [0.4, 0.5) is 0 Å². The van der Waals surface area contributed by atoms with Gasteiger partial charge in [0.15, 0.2) is 0 Å². The SMILES string of the molecule is CC1=CC(C(c2ccccc2)(c2ccccc2)C2C=CC=C2)c2cc3c(cc21)C(C)(C)CCC3(C)C. The van der Waals surface area contributed by atoms with Crippen molar-refractivity contribution < 1.29 is 0 Å². The summed E-state index contributed by atoms with van der Waals surface area (Å²) in [5.74, 6) is 0.531. The second kappa shape index (κ2) is 8.20. The Hall–Kier alpha value is -3.12. The predicted octanol–water partition coefficient (Wildman–Crippen LogP) is 9.26. The maximum atomic E-state index is 2.62. The molecule has 0 heterocycles. The van der Waals surface area contributed by atoms with Gasteiger partial charge in [-0.15, -0.1) is 0 Å². The lowest BCUT2D eigenvalue weighted by atomic mass is 9.57. The van der Waals surface area contributed by atoms with Crippen molar-refractivity contribution in [1.82, 2.24) is 0 Å². The molecule has 0 aliphatic heterocycles. The summed E-state index contributed by atoms with van der Waals surface area (Å²) in [6.45, 7) is 12.1. The third-order valence-electron chi connectivity index (χ3n) is 9.47. The topological polar surface area (TPSA) is 0 Å². The molecule has 0 amide bonds. The smallest absolute Gasteiger partial charge is 0.0403 e. The van der Waals surface area contributed by atoms with Crippen LogP contribution in [0, 0.1) is 5.92 Å². The summed E-state index contributed by atoms with van der Waals surface area (Å²) in [6.07, 6.45) is 14.3. The summed E-state index contributed by atoms with van der Waals surface area (Å²) in [7, 11) is 0. The molecule has 0 aromatic heterocycles. The normalized spacial score (nSPS) is 21.8. The molecule has 0 heteroatoms. The van der Waals surface area contributed by atoms with Gasteiger partial charge >= 0.3 is 0 Å². The van der Waals surface area contributed by atoms with Crippen LogP contribution < -0.4 is 0 Å². The fraction of sp³-hybridized carbons (Fsp3) is 0.333. The standard InChI is InChI=1S/C36H38/c1-25-22-31(30-24-33-32(23-29(25)30)34(2,3)20-21-35(33,4)5)36(28-18-12-13-19-28,26-14-8-6-9-15-26)27-16-10-7-11-17-27/h6-19,22-24,28,31H,20-21H2,1-5H3. The zero-order valence-electron chi connectivity index (χ0n) is 22.4. The number of allylic oxidation sites excluding steroid dienone is 6. The Kier molecular flexibility index (Phi) is 5.31. The van der Waals surface area contributed by atoms with Crippen molar-refractivity contribution in [3.63, 3.8) is 0 Å². The summed E-state index contributed by atoms with van der Waals surface area (Å²) in [4.78, 5) is 0. The number of fused-ring (bicyclic) bond motifs is 2. The third kappa shape index (κ3) is 3.34. The zero-order chi connectivity index (χ0) is 25.1. The second-order valence-electron chi connectivity index (χ2n) is 12.5. The molecule has 1 unspecified atom stereocenters. The van der Waals surface area contributed by atoms with Crippen molar-refractivity contribution >= 4 is 5.57 Å². The van der Waals surface area contributed by atoms with Crippen LogP contribution in [0.2, 0.25) is 0 Å². The van der Waals surface area contributed by atoms with Crippen molar-refractivity contribution in [2.24, 2.45) is 5.92 Å². The molecule has 0 nitrogen and oxygen atoms in total. The molecule has 0 saturated heterocycles. The molecule has 0 radical (unpaired) electrons. The van der Waals surface area contributed by atoms with E-state index >= 15 is 0 Å². The molecule has 0 bridgehead atoms. The number of benzene rings is 3. The highest BCUT2D eigenvalue weighted by atomic mass is 14.5. The Morgan fingerprint density at radius 1 is 0.694 bits per heavy atom. The van der Waals surface area contributed by atoms with E-state index in [0.717, 1.165) is 0 Å². The van der Waals surface area contributed by atoms with Crippen LogP contribution in [0.3, 0.4) is 0 Å². The minimum Gasteiger partial charge on any atom is -0.0764 e. The van der Waals surface area contributed by atoms with Crippen molar-refractivity contribution in [2.75, 3.05) is 0 Å². The van der Waals surface area contributed by atoms with Gasteiger partial charge in [0.1, 0.15) is 0 Å². The van der Waals surface area contributed by atoms with Gasteiger partial charge in [-0.25, -0.2) is 0 Å². The quantitative estimate of drug-likeness (QED) is 0.356. The first-order chi connectivity index (χ1) is 17.2. The third-order valence-corrected chi connectivity index (χ3v) is 9.47. The van der Waals surface area contributed by atoms with Crippen LogP contribution in [0.15, 0.2) is 103 Å². The second-order valence-corrected chi connectivity index (χ2v) is 12.5. The molecule has 1 atom stereocenters. The van der Waals surface area contributed by atoms with Gasteiger partial charge in [0.25, 0.3) is 0 Å². The molecule has 36 heavy (non-hydrogen) atoms. The number of rotatable bonds is 4. The first-order valence-electron chi connectivity index (χ1n) is 13.6. The monoisotopic (exact) mass is 470 g/mol. The van der Waals surface area contributed by atoms with E-state index in [-0.39, 0.29) is 28.1 Å². The fourth-order valence-electron chi connectivity index (χ4n) is 7.32. The van der Waals surface area contributed by atoms with E-state index in [0.29, 0.717) is 0 Å². The van der Waals surface area contributed by atoms with Gasteiger partial charge < -0.3 is 0 Å². The molecule has 6 rings (SSSR count). The Morgan fingerprint density at radius 2 is 1.19 bits per heavy atom. The van der Waals surface area contributed by atoms with Gasteiger partial charge in [0, 0.05) is 17.3 Å². The Bertz CT molecular complexity index is 1330. The summed E-state index contributed by atoms with van der Waals surface area (Å²) < 4.78 is 0. The maximum absolute atomic E-state index is 2.62. The average Bonchev–Trinajstić information content (AvgIpc) is 3.53. The van der Waals surface area contributed by atoms with Crippen LogP contribution in [0.25, 0.3) is 5.57 Å². The van der Waals surface area contributed by atoms with Gasteiger partial charge in [-0.1, -0.05) is 131 Å². The van der Waals surface area contributed by atoms with Crippen molar-refractivity contribution in [2.45, 2.75) is 69.6 Å². The van der Waals surface area contributed by atoms with Crippen molar-refractivity contribution in [1.29, 1.82) is 0 Å². The zero-order valence-corrected chi connectivity index (χ0v) is 22.4. The lowest BCUT2D eigenvalue weighted by Crippen LogP contribution is -2.40. The minimum absolute atomic E-state index is 0.191. The van der Waals surface area contributed by atoms with E-state index in [1.807, 2.05) is 0 Å². The molecular formula is C36H38. The molecule has 0 saturated carbocycles. The molecule has 3 aromatic rings. The first-order valence-corrected chi connectivity index (χ1v) is 13.6. The van der Waals surface area contributed by atoms with Crippen molar-refractivity contribution in [3.05, 3.63) is 137 Å². The van der Waals surface area contributed by atoms with Gasteiger partial charge in [0.2, 0.25) is 0 Å². The highest BCUT2D eigenvalue weighted by Gasteiger charge is 2.50. The van der Waals surface area contributed by atoms with Crippen LogP contribution in [0.1, 0.15) is 86.8 Å². The minimum atomic E-state index is -0.221. The van der Waals surface area contributed by atoms with Gasteiger partial charge in [-0.3, -0.25) is 0 Å². The summed E-state index contributed by atoms with van der Waals surface area (Å²) in [6, 6.07) is 27.7. The van der Waals surface area contributed by atoms with Gasteiger partial charge in [-0.05, 0) is 69.5 Å². The summed E-state index contributed by atoms with van der Waals surface area (Å²) in [5, 5.41) is 0. The maximum Gasteiger partial charge on any atom is 0.0403 e. The Labute approximate surface area is 217 Å². The summed E-state index contributed by atoms with van der Waals surface area (Å²) >= 11 is 0. The molecule has 182 valence electrons. The van der Waals surface area contributed by atoms with Gasteiger partial charge in [-0.2, -0.15) is 0 Å². The van der Waals surface area contributed by atoms with E-state index in [1.165, 1.54) is 40.7 Å². The molecule has 0 N–H and O–H groups in total. The van der Waals surface area contributed by atoms with Crippen molar-refractivity contribution in [3.8, 4) is 0 Å². The highest BCUT2D eigenvalue weighted by molar-refractivity contribution is 5.77. The predicted molar refractivity (Wildman–Crippen MR) is 154 cm³/mol. The Balaban J connectivity index is 1.67. The molecule has 0 fully saturated rings. The molecule has 3 aliphatic carbocycles. The lowest BCUT2D eigenvalue weighted by molar-refractivity contribution is 0.330. The van der Waals surface area contributed by atoms with E-state index < -0.39 is 0 Å². The van der Waals surface area contributed by atoms with Gasteiger partial charge in [0.05, 0.1) is 0 Å². The van der Waals surface area contributed by atoms with Crippen LogP contribution >= 0.6 is 0 Å². The fourth-order valence-corrected chi connectivity index (χ4v) is 7.32. The van der Waals surface area contributed by atoms with E-state index in [4.69, 9.17) is 0 Å². The summed E-state index contributed by atoms with van der Waals surface area (Å²) in [5.41, 5.74) is 10.4. The first kappa shape index (κ1) is 23.3. The lowest BCUT2D eigenvalue weighted by Gasteiger charge is -2.45. The average molecular weight is 471 g/mol. The largest absolute Gasteiger partial charge is 0.0764 e. The molecular weight excluding hydrogens is 432 g/mol. The molecule has 0 spiro atoms.